The van der Waals surface area contributed by atoms with E-state index < -0.39 is 17.8 Å². The van der Waals surface area contributed by atoms with E-state index in [1.54, 1.807) is 36.0 Å². The first-order valence-corrected chi connectivity index (χ1v) is 8.01. The first kappa shape index (κ1) is 13.3. The Morgan fingerprint density at radius 2 is 1.84 bits per heavy atom. The van der Waals surface area contributed by atoms with E-state index in [1.165, 1.54) is 11.7 Å². The van der Waals surface area contributed by atoms with Gasteiger partial charge in [-0.25, -0.2) is 0 Å². The number of fused-ring (bicyclic) bond motifs is 1. The number of carbonyl (C=O) groups excluding carboxylic acids is 1. The number of ether oxygens (including phenoxy) is 1. The molecule has 2 atom stereocenters. The summed E-state index contributed by atoms with van der Waals surface area (Å²) in [5, 5.41) is 0. The number of amides is 1. The lowest BCUT2D eigenvalue weighted by atomic mass is 10.1. The Kier molecular flexibility index (Phi) is 2.71. The normalized spacial score (nSPS) is 32.2. The van der Waals surface area contributed by atoms with Crippen LogP contribution in [-0.4, -0.2) is 35.0 Å². The highest BCUT2D eigenvalue weighted by Gasteiger charge is 2.69. The molecule has 0 saturated carbocycles. The average molecular weight is 321 g/mol. The summed E-state index contributed by atoms with van der Waals surface area (Å²) in [7, 11) is -0.215. The molecule has 0 aromatic heterocycles. The van der Waals surface area contributed by atoms with E-state index in [0.717, 1.165) is 0 Å². The van der Waals surface area contributed by atoms with Crippen molar-refractivity contribution in [1.82, 2.24) is 4.67 Å². The summed E-state index contributed by atoms with van der Waals surface area (Å²) in [5.41, 5.74) is 1.09. The van der Waals surface area contributed by atoms with Crippen molar-refractivity contribution in [3.05, 3.63) is 29.8 Å². The molecule has 2 unspecified atom stereocenters. The zero-order valence-corrected chi connectivity index (χ0v) is 12.6. The molecule has 0 aliphatic carbocycles. The monoisotopic (exact) mass is 320 g/mol. The molecule has 3 rings (SSSR count). The van der Waals surface area contributed by atoms with Gasteiger partial charge in [-0.15, -0.1) is 0 Å². The molecule has 1 saturated heterocycles. The Hall–Kier alpha value is -0.740. The molecule has 0 spiro atoms. The van der Waals surface area contributed by atoms with E-state index in [0.29, 0.717) is 11.3 Å². The summed E-state index contributed by atoms with van der Waals surface area (Å²) in [5.74, 6) is -1.22. The molecule has 2 heterocycles. The van der Waals surface area contributed by atoms with E-state index in [-0.39, 0.29) is 5.91 Å². The third kappa shape index (κ3) is 1.66. The van der Waals surface area contributed by atoms with Crippen LogP contribution in [0.3, 0.4) is 0 Å². The van der Waals surface area contributed by atoms with Gasteiger partial charge in [0.25, 0.3) is 17.9 Å². The highest BCUT2D eigenvalue weighted by molar-refractivity contribution is 7.65. The van der Waals surface area contributed by atoms with Crippen molar-refractivity contribution in [2.24, 2.45) is 0 Å². The fourth-order valence-electron chi connectivity index (χ4n) is 2.29. The van der Waals surface area contributed by atoms with Gasteiger partial charge in [-0.05, 0) is 12.1 Å². The predicted octanol–water partition coefficient (Wildman–Crippen LogP) is 2.89. The quantitative estimate of drug-likeness (QED) is 0.453. The fraction of sp³-hybridized carbons (Fsp3) is 0.364. The summed E-state index contributed by atoms with van der Waals surface area (Å²) in [4.78, 5) is 12.3. The van der Waals surface area contributed by atoms with E-state index in [4.69, 9.17) is 27.9 Å². The van der Waals surface area contributed by atoms with Gasteiger partial charge >= 0.3 is 0 Å². The third-order valence-electron chi connectivity index (χ3n) is 3.44. The number of hydrogen-bond acceptors (Lipinski definition) is 3. The number of para-hydroxylation sites is 1. The number of halogens is 2. The highest BCUT2D eigenvalue weighted by atomic mass is 35.5. The largest absolute Gasteiger partial charge is 0.323 e. The molecule has 5 nitrogen and oxygen atoms in total. The van der Waals surface area contributed by atoms with Gasteiger partial charge in [-0.3, -0.25) is 14.0 Å². The minimum absolute atomic E-state index is 0.323. The second-order valence-corrected chi connectivity index (χ2v) is 8.65. The average Bonchev–Trinajstić information content (AvgIpc) is 3.03. The molecule has 2 aliphatic heterocycles. The summed E-state index contributed by atoms with van der Waals surface area (Å²) in [6.45, 7) is 0. The molecule has 1 aromatic carbocycles. The van der Waals surface area contributed by atoms with Crippen LogP contribution in [0.25, 0.3) is 0 Å². The number of epoxide rings is 1. The number of nitrogens with zero attached hydrogens (tertiary/aromatic N) is 2. The van der Waals surface area contributed by atoms with Crippen LogP contribution in [0.4, 0.5) is 5.69 Å². The number of hydrogen-bond donors (Lipinski definition) is 0. The van der Waals surface area contributed by atoms with Crippen molar-refractivity contribution < 1.29 is 14.1 Å². The van der Waals surface area contributed by atoms with Crippen LogP contribution in [0.2, 0.25) is 0 Å². The van der Waals surface area contributed by atoms with Crippen LogP contribution in [0.1, 0.15) is 10.4 Å². The van der Waals surface area contributed by atoms with E-state index in [9.17, 15) is 9.36 Å². The maximum Gasteiger partial charge on any atom is 0.298 e. The van der Waals surface area contributed by atoms with Crippen LogP contribution in [0.15, 0.2) is 24.3 Å². The van der Waals surface area contributed by atoms with Gasteiger partial charge in [0.05, 0.1) is 11.3 Å². The van der Waals surface area contributed by atoms with Crippen LogP contribution >= 0.6 is 30.6 Å². The first-order valence-electron chi connectivity index (χ1n) is 5.57. The van der Waals surface area contributed by atoms with Crippen molar-refractivity contribution in [1.29, 1.82) is 0 Å². The maximum absolute atomic E-state index is 13.2. The summed E-state index contributed by atoms with van der Waals surface area (Å²) in [6, 6.07) is 6.96. The van der Waals surface area contributed by atoms with Crippen molar-refractivity contribution in [3.8, 4) is 0 Å². The molecule has 102 valence electrons. The summed E-state index contributed by atoms with van der Waals surface area (Å²) in [6.07, 6.45) is 0. The zero-order chi connectivity index (χ0) is 14.0. The molecule has 0 N–H and O–H groups in total. The molecule has 0 bridgehead atoms. The second-order valence-electron chi connectivity index (χ2n) is 4.49. The Morgan fingerprint density at radius 3 is 2.42 bits per heavy atom. The first-order chi connectivity index (χ1) is 8.80. The minimum atomic E-state index is -3.34. The lowest BCUT2D eigenvalue weighted by Crippen LogP contribution is -2.39. The Labute approximate surface area is 120 Å². The second kappa shape index (κ2) is 3.89. The summed E-state index contributed by atoms with van der Waals surface area (Å²) < 4.78 is 19.5. The Morgan fingerprint density at radius 1 is 1.26 bits per heavy atom. The number of anilines is 1. The maximum atomic E-state index is 13.2. The van der Waals surface area contributed by atoms with E-state index >= 15 is 0 Å². The molecule has 0 radical (unpaired) electrons. The Bertz CT molecular complexity index is 622. The number of alkyl halides is 2. The molecule has 8 heteroatoms. The van der Waals surface area contributed by atoms with Gasteiger partial charge in [0, 0.05) is 14.1 Å². The van der Waals surface area contributed by atoms with Crippen LogP contribution < -0.4 is 4.67 Å². The van der Waals surface area contributed by atoms with Gasteiger partial charge in [0.2, 0.25) is 5.85 Å². The third-order valence-corrected chi connectivity index (χ3v) is 7.52. The Balaban J connectivity index is 2.15. The fourth-order valence-corrected chi connectivity index (χ4v) is 5.93. The van der Waals surface area contributed by atoms with Crippen molar-refractivity contribution in [2.75, 3.05) is 18.8 Å². The van der Waals surface area contributed by atoms with Crippen LogP contribution in [-0.2, 0) is 9.30 Å². The van der Waals surface area contributed by atoms with Gasteiger partial charge in [-0.2, -0.15) is 0 Å². The standard InChI is InChI=1S/C11H11Cl2N2O3P/c1-14-8-6-4-3-5-7(8)9(16)15(2)19(14,17)10-11(12,13)18-10/h3-6,10H,1-2H3. The van der Waals surface area contributed by atoms with E-state index in [2.05, 4.69) is 0 Å². The van der Waals surface area contributed by atoms with Crippen LogP contribution in [0, 0.1) is 0 Å². The summed E-state index contributed by atoms with van der Waals surface area (Å²) >= 11 is 11.7. The zero-order valence-electron chi connectivity index (χ0n) is 10.2. The van der Waals surface area contributed by atoms with Crippen LogP contribution in [0.5, 0.6) is 0 Å². The number of rotatable bonds is 1. The van der Waals surface area contributed by atoms with Gasteiger partial charge < -0.3 is 9.41 Å². The lowest BCUT2D eigenvalue weighted by molar-refractivity contribution is 0.0875. The van der Waals surface area contributed by atoms with E-state index in [1.807, 2.05) is 0 Å². The SMILES string of the molecule is CN1C(=O)c2ccccc2N(C)P1(=O)C1OC1(Cl)Cl. The molecular weight excluding hydrogens is 310 g/mol. The molecule has 1 aromatic rings. The minimum Gasteiger partial charge on any atom is -0.323 e. The highest BCUT2D eigenvalue weighted by Crippen LogP contribution is 2.72. The van der Waals surface area contributed by atoms with Gasteiger partial charge in [0.1, 0.15) is 0 Å². The smallest absolute Gasteiger partial charge is 0.298 e. The lowest BCUT2D eigenvalue weighted by Gasteiger charge is -2.40. The molecular formula is C11H11Cl2N2O3P. The molecule has 19 heavy (non-hydrogen) atoms. The van der Waals surface area contributed by atoms with Crippen molar-refractivity contribution in [2.45, 2.75) is 10.4 Å². The number of carbonyl (C=O) groups is 1. The number of benzene rings is 1. The van der Waals surface area contributed by atoms with Gasteiger partial charge in [0.15, 0.2) is 0 Å². The molecule has 2 aliphatic rings. The van der Waals surface area contributed by atoms with Crippen molar-refractivity contribution in [3.63, 3.8) is 0 Å². The topological polar surface area (TPSA) is 53.2 Å². The predicted molar refractivity (Wildman–Crippen MR) is 73.9 cm³/mol. The molecule has 1 fully saturated rings. The van der Waals surface area contributed by atoms with Gasteiger partial charge in [-0.1, -0.05) is 35.3 Å². The van der Waals surface area contributed by atoms with Crippen molar-refractivity contribution >= 4 is 42.2 Å². The molecule has 1 amide bonds.